The Kier molecular flexibility index (Phi) is 4.45. The standard InChI is InChI=1S/C13H14N4O5S/c1-9-3-5-11(6-4-9)23(21,22)15-12(18)8-16-10(2)14-7-13(16)17(19)20/h3-7H,8H2,1-2H3,(H,15,18). The van der Waals surface area contributed by atoms with Crippen LogP contribution in [0.5, 0.6) is 0 Å². The number of rotatable bonds is 5. The summed E-state index contributed by atoms with van der Waals surface area (Å²) in [4.78, 5) is 25.8. The van der Waals surface area contributed by atoms with Crippen molar-refractivity contribution in [2.24, 2.45) is 0 Å². The van der Waals surface area contributed by atoms with Crippen LogP contribution in [0.3, 0.4) is 0 Å². The molecule has 0 aliphatic rings. The summed E-state index contributed by atoms with van der Waals surface area (Å²) in [5.74, 6) is -1.04. The summed E-state index contributed by atoms with van der Waals surface area (Å²) in [5, 5.41) is 10.8. The summed E-state index contributed by atoms with van der Waals surface area (Å²) in [5.41, 5.74) is 0.875. The lowest BCUT2D eigenvalue weighted by molar-refractivity contribution is -0.392. The Labute approximate surface area is 132 Å². The van der Waals surface area contributed by atoms with E-state index in [1.165, 1.54) is 19.1 Å². The minimum Gasteiger partial charge on any atom is -0.358 e. The predicted molar refractivity (Wildman–Crippen MR) is 80.1 cm³/mol. The van der Waals surface area contributed by atoms with Crippen molar-refractivity contribution in [2.75, 3.05) is 0 Å². The fraction of sp³-hybridized carbons (Fsp3) is 0.231. The molecule has 1 aromatic heterocycles. The number of benzene rings is 1. The largest absolute Gasteiger partial charge is 0.358 e. The van der Waals surface area contributed by atoms with Crippen LogP contribution < -0.4 is 4.72 Å². The minimum atomic E-state index is -4.03. The number of sulfonamides is 1. The zero-order chi connectivity index (χ0) is 17.2. The first-order valence-corrected chi connectivity index (χ1v) is 7.98. The molecule has 1 N–H and O–H groups in total. The van der Waals surface area contributed by atoms with Crippen molar-refractivity contribution in [1.29, 1.82) is 0 Å². The maximum Gasteiger partial charge on any atom is 0.343 e. The molecule has 0 unspecified atom stereocenters. The van der Waals surface area contributed by atoms with Crippen molar-refractivity contribution in [3.63, 3.8) is 0 Å². The van der Waals surface area contributed by atoms with Crippen molar-refractivity contribution in [1.82, 2.24) is 14.3 Å². The highest BCUT2D eigenvalue weighted by molar-refractivity contribution is 7.90. The van der Waals surface area contributed by atoms with Crippen molar-refractivity contribution in [3.05, 3.63) is 52.0 Å². The van der Waals surface area contributed by atoms with Gasteiger partial charge >= 0.3 is 5.82 Å². The molecule has 0 aliphatic carbocycles. The lowest BCUT2D eigenvalue weighted by atomic mass is 10.2. The maximum atomic E-state index is 12.1. The Hall–Kier alpha value is -2.75. The van der Waals surface area contributed by atoms with Crippen LogP contribution >= 0.6 is 0 Å². The second kappa shape index (κ2) is 6.16. The molecule has 23 heavy (non-hydrogen) atoms. The van der Waals surface area contributed by atoms with Crippen molar-refractivity contribution in [3.8, 4) is 0 Å². The lowest BCUT2D eigenvalue weighted by Crippen LogP contribution is -2.33. The van der Waals surface area contributed by atoms with Gasteiger partial charge in [-0.25, -0.2) is 22.7 Å². The van der Waals surface area contributed by atoms with Gasteiger partial charge < -0.3 is 10.1 Å². The van der Waals surface area contributed by atoms with Crippen LogP contribution in [0.4, 0.5) is 5.82 Å². The van der Waals surface area contributed by atoms with Crippen LogP contribution in [0.15, 0.2) is 35.4 Å². The summed E-state index contributed by atoms with van der Waals surface area (Å²) < 4.78 is 27.1. The van der Waals surface area contributed by atoms with Gasteiger partial charge in [0.25, 0.3) is 15.9 Å². The molecule has 0 atom stereocenters. The summed E-state index contributed by atoms with van der Waals surface area (Å²) in [6.07, 6.45) is 1.01. The fourth-order valence-corrected chi connectivity index (χ4v) is 2.88. The van der Waals surface area contributed by atoms with Gasteiger partial charge in [-0.05, 0) is 24.0 Å². The van der Waals surface area contributed by atoms with Gasteiger partial charge in [-0.2, -0.15) is 0 Å². The van der Waals surface area contributed by atoms with E-state index in [9.17, 15) is 23.3 Å². The second-order valence-electron chi connectivity index (χ2n) is 4.85. The molecule has 1 aromatic carbocycles. The summed E-state index contributed by atoms with van der Waals surface area (Å²) >= 11 is 0. The van der Waals surface area contributed by atoms with Crippen LogP contribution in [-0.2, 0) is 21.4 Å². The van der Waals surface area contributed by atoms with Crippen LogP contribution in [-0.4, -0.2) is 28.8 Å². The minimum absolute atomic E-state index is 0.0618. The number of nitro groups is 1. The van der Waals surface area contributed by atoms with E-state index in [1.807, 2.05) is 4.72 Å². The number of aromatic nitrogens is 2. The average Bonchev–Trinajstić information content (AvgIpc) is 2.80. The van der Waals surface area contributed by atoms with E-state index < -0.39 is 27.4 Å². The van der Waals surface area contributed by atoms with E-state index in [1.54, 1.807) is 19.1 Å². The van der Waals surface area contributed by atoms with Gasteiger partial charge in [0.1, 0.15) is 6.20 Å². The molecule has 9 nitrogen and oxygen atoms in total. The van der Waals surface area contributed by atoms with E-state index in [0.29, 0.717) is 0 Å². The molecule has 0 spiro atoms. The molecule has 1 amide bonds. The first kappa shape index (κ1) is 16.6. The van der Waals surface area contributed by atoms with Crippen molar-refractivity contribution >= 4 is 21.7 Å². The van der Waals surface area contributed by atoms with Gasteiger partial charge in [0.05, 0.1) is 4.90 Å². The number of aryl methyl sites for hydroxylation is 2. The number of imidazole rings is 1. The quantitative estimate of drug-likeness (QED) is 0.638. The molecule has 10 heteroatoms. The SMILES string of the molecule is Cc1ccc(S(=O)(=O)NC(=O)Cn2c([N+](=O)[O-])cnc2C)cc1. The zero-order valence-electron chi connectivity index (χ0n) is 12.4. The molecule has 0 aliphatic heterocycles. The van der Waals surface area contributed by atoms with Gasteiger partial charge in [-0.3, -0.25) is 4.79 Å². The summed E-state index contributed by atoms with van der Waals surface area (Å²) in [7, 11) is -4.03. The number of carbonyl (C=O) groups is 1. The molecular formula is C13H14N4O5S. The molecule has 2 rings (SSSR count). The molecule has 0 bridgehead atoms. The normalized spacial score (nSPS) is 11.2. The average molecular weight is 338 g/mol. The van der Waals surface area contributed by atoms with E-state index in [4.69, 9.17) is 0 Å². The Morgan fingerprint density at radius 2 is 1.91 bits per heavy atom. The monoisotopic (exact) mass is 338 g/mol. The van der Waals surface area contributed by atoms with Gasteiger partial charge in [-0.15, -0.1) is 0 Å². The molecule has 0 saturated carbocycles. The molecule has 2 aromatic rings. The smallest absolute Gasteiger partial charge is 0.343 e. The fourth-order valence-electron chi connectivity index (χ4n) is 1.90. The summed E-state index contributed by atoms with van der Waals surface area (Å²) in [6, 6.07) is 5.94. The number of nitrogens with one attached hydrogen (secondary N) is 1. The highest BCUT2D eigenvalue weighted by atomic mass is 32.2. The number of hydrogen-bond acceptors (Lipinski definition) is 6. The zero-order valence-corrected chi connectivity index (χ0v) is 13.2. The van der Waals surface area contributed by atoms with Crippen molar-refractivity contribution in [2.45, 2.75) is 25.3 Å². The predicted octanol–water partition coefficient (Wildman–Crippen LogP) is 0.913. The van der Waals surface area contributed by atoms with Gasteiger partial charge in [0.15, 0.2) is 12.4 Å². The Morgan fingerprint density at radius 3 is 2.48 bits per heavy atom. The van der Waals surface area contributed by atoms with Crippen LogP contribution in [0.25, 0.3) is 0 Å². The first-order valence-electron chi connectivity index (χ1n) is 6.49. The topological polar surface area (TPSA) is 124 Å². The third-order valence-corrected chi connectivity index (χ3v) is 4.49. The highest BCUT2D eigenvalue weighted by Gasteiger charge is 2.23. The van der Waals surface area contributed by atoms with Crippen molar-refractivity contribution < 1.29 is 18.1 Å². The van der Waals surface area contributed by atoms with Crippen LogP contribution in [0.2, 0.25) is 0 Å². The molecule has 0 saturated heterocycles. The van der Waals surface area contributed by atoms with Crippen LogP contribution in [0.1, 0.15) is 11.4 Å². The van der Waals surface area contributed by atoms with E-state index in [2.05, 4.69) is 4.98 Å². The highest BCUT2D eigenvalue weighted by Crippen LogP contribution is 2.14. The first-order chi connectivity index (χ1) is 10.7. The third kappa shape index (κ3) is 3.72. The van der Waals surface area contributed by atoms with Gasteiger partial charge in [0.2, 0.25) is 0 Å². The number of carbonyl (C=O) groups excluding carboxylic acids is 1. The van der Waals surface area contributed by atoms with E-state index >= 15 is 0 Å². The summed E-state index contributed by atoms with van der Waals surface area (Å²) in [6.45, 7) is 2.76. The van der Waals surface area contributed by atoms with Crippen LogP contribution in [0, 0.1) is 24.0 Å². The van der Waals surface area contributed by atoms with E-state index in [0.717, 1.165) is 16.3 Å². The molecule has 1 heterocycles. The Balaban J connectivity index is 2.18. The molecule has 0 fully saturated rings. The maximum absolute atomic E-state index is 12.1. The second-order valence-corrected chi connectivity index (χ2v) is 6.53. The number of hydrogen-bond donors (Lipinski definition) is 1. The molecular weight excluding hydrogens is 324 g/mol. The lowest BCUT2D eigenvalue weighted by Gasteiger charge is -2.07. The van der Waals surface area contributed by atoms with E-state index in [-0.39, 0.29) is 16.5 Å². The Morgan fingerprint density at radius 1 is 1.30 bits per heavy atom. The van der Waals surface area contributed by atoms with Gasteiger partial charge in [0, 0.05) is 6.92 Å². The van der Waals surface area contributed by atoms with Gasteiger partial charge in [-0.1, -0.05) is 17.7 Å². The number of amides is 1. The Bertz CT molecular complexity index is 855. The number of nitrogens with zero attached hydrogens (tertiary/aromatic N) is 3. The molecule has 122 valence electrons. The molecule has 0 radical (unpaired) electrons. The third-order valence-electron chi connectivity index (χ3n) is 3.10.